The molecular weight excluding hydrogens is 326 g/mol. The maximum Gasteiger partial charge on any atom is 0.265 e. The molecule has 6 heteroatoms. The molecule has 2 rings (SSSR count). The number of halogens is 1. The van der Waals surface area contributed by atoms with Crippen LogP contribution in [0.25, 0.3) is 10.1 Å². The van der Waals surface area contributed by atoms with E-state index >= 15 is 0 Å². The molecule has 0 spiro atoms. The third-order valence-corrected chi connectivity index (χ3v) is 4.46. The number of fused-ring (bicyclic) bond motifs is 1. The number of hydrogen-bond donors (Lipinski definition) is 1. The zero-order valence-corrected chi connectivity index (χ0v) is 12.7. The smallest absolute Gasteiger partial charge is 0.265 e. The van der Waals surface area contributed by atoms with E-state index in [1.165, 1.54) is 16.2 Å². The van der Waals surface area contributed by atoms with Crippen molar-refractivity contribution >= 4 is 48.9 Å². The lowest BCUT2D eigenvalue weighted by Crippen LogP contribution is -2.27. The number of rotatable bonds is 3. The molecule has 1 aromatic carbocycles. The van der Waals surface area contributed by atoms with E-state index < -0.39 is 0 Å². The van der Waals surface area contributed by atoms with Gasteiger partial charge in [-0.3, -0.25) is 4.79 Å². The number of benzene rings is 1. The highest BCUT2D eigenvalue weighted by Crippen LogP contribution is 2.35. The Morgan fingerprint density at radius 2 is 2.32 bits per heavy atom. The molecule has 0 aliphatic rings. The Morgan fingerprint density at radius 3 is 3.00 bits per heavy atom. The molecule has 1 heterocycles. The van der Waals surface area contributed by atoms with E-state index in [9.17, 15) is 4.79 Å². The summed E-state index contributed by atoms with van der Waals surface area (Å²) < 4.78 is 1.92. The first-order chi connectivity index (χ1) is 9.04. The van der Waals surface area contributed by atoms with Crippen molar-refractivity contribution in [2.45, 2.75) is 6.42 Å². The first-order valence-corrected chi connectivity index (χ1v) is 7.25. The second-order valence-corrected chi connectivity index (χ2v) is 6.09. The van der Waals surface area contributed by atoms with Crippen molar-refractivity contribution in [3.63, 3.8) is 0 Å². The minimum Gasteiger partial charge on any atom is -0.397 e. The number of anilines is 1. The average molecular weight is 338 g/mol. The van der Waals surface area contributed by atoms with Crippen molar-refractivity contribution in [2.75, 3.05) is 19.3 Å². The monoisotopic (exact) mass is 337 g/mol. The predicted octanol–water partition coefficient (Wildman–Crippen LogP) is 3.23. The molecule has 19 heavy (non-hydrogen) atoms. The third-order valence-electron chi connectivity index (χ3n) is 2.79. The van der Waals surface area contributed by atoms with Crippen LogP contribution in [0, 0.1) is 11.3 Å². The number of nitrogen functional groups attached to an aromatic ring is 1. The number of thiophene rings is 1. The minimum absolute atomic E-state index is 0.134. The van der Waals surface area contributed by atoms with Gasteiger partial charge in [-0.1, -0.05) is 15.9 Å². The molecule has 0 bridgehead atoms. The van der Waals surface area contributed by atoms with Crippen LogP contribution in [0.4, 0.5) is 5.69 Å². The van der Waals surface area contributed by atoms with E-state index in [-0.39, 0.29) is 5.91 Å². The quantitative estimate of drug-likeness (QED) is 0.934. The molecule has 98 valence electrons. The summed E-state index contributed by atoms with van der Waals surface area (Å²) in [4.78, 5) is 14.3. The van der Waals surface area contributed by atoms with Gasteiger partial charge in [0.25, 0.3) is 5.91 Å². The van der Waals surface area contributed by atoms with E-state index in [4.69, 9.17) is 11.0 Å². The molecule has 4 nitrogen and oxygen atoms in total. The average Bonchev–Trinajstić information content (AvgIpc) is 2.72. The highest BCUT2D eigenvalue weighted by Gasteiger charge is 2.19. The first kappa shape index (κ1) is 13.8. The normalized spacial score (nSPS) is 10.4. The summed E-state index contributed by atoms with van der Waals surface area (Å²) in [6.07, 6.45) is 0.318. The van der Waals surface area contributed by atoms with Gasteiger partial charge >= 0.3 is 0 Å². The van der Waals surface area contributed by atoms with Gasteiger partial charge in [0.2, 0.25) is 0 Å². The fourth-order valence-electron chi connectivity index (χ4n) is 1.74. The second-order valence-electron chi connectivity index (χ2n) is 4.12. The summed E-state index contributed by atoms with van der Waals surface area (Å²) >= 11 is 4.78. The summed E-state index contributed by atoms with van der Waals surface area (Å²) in [6.45, 7) is 0.409. The zero-order chi connectivity index (χ0) is 14.0. The van der Waals surface area contributed by atoms with Crippen LogP contribution < -0.4 is 5.73 Å². The second kappa shape index (κ2) is 5.59. The predicted molar refractivity (Wildman–Crippen MR) is 81.1 cm³/mol. The third kappa shape index (κ3) is 2.72. The highest BCUT2D eigenvalue weighted by atomic mass is 79.9. The van der Waals surface area contributed by atoms with Gasteiger partial charge in [0.1, 0.15) is 4.88 Å². The Kier molecular flexibility index (Phi) is 4.08. The summed E-state index contributed by atoms with van der Waals surface area (Å²) in [5.74, 6) is -0.134. The van der Waals surface area contributed by atoms with Gasteiger partial charge in [-0.15, -0.1) is 11.3 Å². The van der Waals surface area contributed by atoms with E-state index in [2.05, 4.69) is 15.9 Å². The van der Waals surface area contributed by atoms with Crippen molar-refractivity contribution in [3.8, 4) is 6.07 Å². The molecule has 0 atom stereocenters. The lowest BCUT2D eigenvalue weighted by atomic mass is 10.2. The van der Waals surface area contributed by atoms with E-state index in [0.717, 1.165) is 14.6 Å². The maximum absolute atomic E-state index is 12.3. The lowest BCUT2D eigenvalue weighted by molar-refractivity contribution is 0.0804. The Bertz CT molecular complexity index is 674. The van der Waals surface area contributed by atoms with Gasteiger partial charge in [0.15, 0.2) is 0 Å². The minimum atomic E-state index is -0.134. The number of hydrogen-bond acceptors (Lipinski definition) is 4. The molecule has 2 N–H and O–H groups in total. The van der Waals surface area contributed by atoms with Crippen molar-refractivity contribution in [1.82, 2.24) is 4.90 Å². The largest absolute Gasteiger partial charge is 0.397 e. The van der Waals surface area contributed by atoms with Gasteiger partial charge in [0.05, 0.1) is 18.2 Å². The molecular formula is C13H12BrN3OS. The Balaban J connectivity index is 2.38. The van der Waals surface area contributed by atoms with Crippen LogP contribution in [0.5, 0.6) is 0 Å². The van der Waals surface area contributed by atoms with Gasteiger partial charge < -0.3 is 10.6 Å². The van der Waals surface area contributed by atoms with Crippen LogP contribution in [0.1, 0.15) is 16.1 Å². The molecule has 0 saturated carbocycles. The molecule has 0 unspecified atom stereocenters. The topological polar surface area (TPSA) is 70.1 Å². The Labute approximate surface area is 123 Å². The number of carbonyl (C=O) groups excluding carboxylic acids is 1. The SMILES string of the molecule is CN(CCC#N)C(=O)c1sc2ccc(Br)cc2c1N. The number of amides is 1. The molecule has 0 aliphatic carbocycles. The van der Waals surface area contributed by atoms with Gasteiger partial charge in [-0.05, 0) is 18.2 Å². The van der Waals surface area contributed by atoms with Gasteiger partial charge in [0, 0.05) is 28.2 Å². The number of nitrogens with zero attached hydrogens (tertiary/aromatic N) is 2. The van der Waals surface area contributed by atoms with E-state index in [1.54, 1.807) is 7.05 Å². The molecule has 2 aromatic rings. The zero-order valence-electron chi connectivity index (χ0n) is 10.3. The standard InChI is InChI=1S/C13H12BrN3OS/c1-17(6-2-5-15)13(18)12-11(16)9-7-8(14)3-4-10(9)19-12/h3-4,7H,2,6,16H2,1H3. The van der Waals surface area contributed by atoms with Crippen molar-refractivity contribution in [2.24, 2.45) is 0 Å². The van der Waals surface area contributed by atoms with Crippen molar-refractivity contribution < 1.29 is 4.79 Å². The summed E-state index contributed by atoms with van der Waals surface area (Å²) in [7, 11) is 1.68. The van der Waals surface area contributed by atoms with Crippen LogP contribution in [0.2, 0.25) is 0 Å². The van der Waals surface area contributed by atoms with Gasteiger partial charge in [-0.25, -0.2) is 0 Å². The summed E-state index contributed by atoms with van der Waals surface area (Å²) in [6, 6.07) is 7.80. The fraction of sp³-hybridized carbons (Fsp3) is 0.231. The number of nitrogens with two attached hydrogens (primary N) is 1. The van der Waals surface area contributed by atoms with Crippen LogP contribution in [-0.4, -0.2) is 24.4 Å². The summed E-state index contributed by atoms with van der Waals surface area (Å²) in [5.41, 5.74) is 6.56. The molecule has 0 fully saturated rings. The van der Waals surface area contributed by atoms with Crippen LogP contribution >= 0.6 is 27.3 Å². The van der Waals surface area contributed by atoms with Crippen molar-refractivity contribution in [1.29, 1.82) is 5.26 Å². The molecule has 0 saturated heterocycles. The highest BCUT2D eigenvalue weighted by molar-refractivity contribution is 9.10. The number of nitriles is 1. The summed E-state index contributed by atoms with van der Waals surface area (Å²) in [5, 5.41) is 9.44. The fourth-order valence-corrected chi connectivity index (χ4v) is 3.20. The van der Waals surface area contributed by atoms with Crippen LogP contribution in [0.3, 0.4) is 0 Å². The Morgan fingerprint density at radius 1 is 1.58 bits per heavy atom. The Hall–Kier alpha value is -1.58. The molecule has 0 aliphatic heterocycles. The van der Waals surface area contributed by atoms with Crippen molar-refractivity contribution in [3.05, 3.63) is 27.5 Å². The van der Waals surface area contributed by atoms with E-state index in [0.29, 0.717) is 23.5 Å². The number of carbonyl (C=O) groups is 1. The maximum atomic E-state index is 12.3. The molecule has 1 amide bonds. The van der Waals surface area contributed by atoms with Crippen LogP contribution in [0.15, 0.2) is 22.7 Å². The molecule has 1 aromatic heterocycles. The van der Waals surface area contributed by atoms with E-state index in [1.807, 2.05) is 24.3 Å². The first-order valence-electron chi connectivity index (χ1n) is 5.64. The lowest BCUT2D eigenvalue weighted by Gasteiger charge is -2.14. The molecule has 0 radical (unpaired) electrons. The van der Waals surface area contributed by atoms with Crippen LogP contribution in [-0.2, 0) is 0 Å². The van der Waals surface area contributed by atoms with Gasteiger partial charge in [-0.2, -0.15) is 5.26 Å².